The van der Waals surface area contributed by atoms with E-state index >= 15 is 0 Å². The number of hydrogen-bond donors (Lipinski definition) is 2. The lowest BCUT2D eigenvalue weighted by Crippen LogP contribution is -2.38. The predicted molar refractivity (Wildman–Crippen MR) is 96.1 cm³/mol. The van der Waals surface area contributed by atoms with E-state index in [-0.39, 0.29) is 17.9 Å². The molecule has 0 radical (unpaired) electrons. The molecule has 4 rings (SSSR count). The van der Waals surface area contributed by atoms with Crippen molar-refractivity contribution in [2.75, 3.05) is 19.6 Å². The van der Waals surface area contributed by atoms with Gasteiger partial charge in [-0.15, -0.1) is 0 Å². The number of hydrogen-bond acceptors (Lipinski definition) is 3. The second-order valence-corrected chi connectivity index (χ2v) is 6.93. The minimum absolute atomic E-state index is 0.0605. The maximum absolute atomic E-state index is 12.4. The summed E-state index contributed by atoms with van der Waals surface area (Å²) in [6.07, 6.45) is 9.69. The molecule has 130 valence electrons. The van der Waals surface area contributed by atoms with Gasteiger partial charge in [-0.05, 0) is 54.7 Å². The fourth-order valence-electron chi connectivity index (χ4n) is 3.67. The van der Waals surface area contributed by atoms with Gasteiger partial charge >= 0.3 is 0 Å². The minimum atomic E-state index is -0.0605. The molecule has 25 heavy (non-hydrogen) atoms. The van der Waals surface area contributed by atoms with E-state index in [4.69, 9.17) is 0 Å². The van der Waals surface area contributed by atoms with E-state index < -0.39 is 0 Å². The van der Waals surface area contributed by atoms with E-state index in [2.05, 4.69) is 39.8 Å². The van der Waals surface area contributed by atoms with E-state index in [1.807, 2.05) is 12.1 Å². The highest BCUT2D eigenvalue weighted by atomic mass is 16.2. The number of amides is 2. The molecule has 1 fully saturated rings. The standard InChI is InChI=1S/C20H23N3O2/c24-19-7-6-17(22-19)13-21-20(25)16-5-4-14-8-10-23(18-2-1-3-18)11-9-15(14)12-16/h1-5,12,17H,6-11,13H2,(H,21,25)(H,22,24). The number of allylic oxidation sites excluding steroid dienone is 3. The van der Waals surface area contributed by atoms with Gasteiger partial charge in [0.1, 0.15) is 0 Å². The van der Waals surface area contributed by atoms with Crippen molar-refractivity contribution in [3.05, 3.63) is 58.8 Å². The van der Waals surface area contributed by atoms with Crippen LogP contribution in [0.1, 0.15) is 34.3 Å². The zero-order valence-corrected chi connectivity index (χ0v) is 14.3. The average Bonchev–Trinajstić information content (AvgIpc) is 2.87. The monoisotopic (exact) mass is 337 g/mol. The van der Waals surface area contributed by atoms with Gasteiger partial charge in [-0.3, -0.25) is 9.59 Å². The summed E-state index contributed by atoms with van der Waals surface area (Å²) in [5.74, 6) is 0.0138. The molecule has 3 aliphatic rings. The first-order chi connectivity index (χ1) is 12.2. The molecule has 5 nitrogen and oxygen atoms in total. The Bertz CT molecular complexity index is 766. The van der Waals surface area contributed by atoms with Gasteiger partial charge < -0.3 is 15.5 Å². The van der Waals surface area contributed by atoms with Gasteiger partial charge in [0.2, 0.25) is 5.91 Å². The highest BCUT2D eigenvalue weighted by Gasteiger charge is 2.22. The quantitative estimate of drug-likeness (QED) is 0.876. The van der Waals surface area contributed by atoms with Gasteiger partial charge in [0.25, 0.3) is 5.91 Å². The van der Waals surface area contributed by atoms with Crippen LogP contribution in [0, 0.1) is 0 Å². The number of carbonyl (C=O) groups is 2. The number of carbonyl (C=O) groups excluding carboxylic acids is 2. The summed E-state index contributed by atoms with van der Waals surface area (Å²) in [5, 5.41) is 5.82. The van der Waals surface area contributed by atoms with Crippen LogP contribution in [-0.4, -0.2) is 42.4 Å². The number of benzene rings is 1. The summed E-state index contributed by atoms with van der Waals surface area (Å²) >= 11 is 0. The van der Waals surface area contributed by atoms with Crippen molar-refractivity contribution in [3.63, 3.8) is 0 Å². The van der Waals surface area contributed by atoms with Gasteiger partial charge in [-0.25, -0.2) is 0 Å². The molecule has 2 heterocycles. The van der Waals surface area contributed by atoms with Crippen LogP contribution in [0.15, 0.2) is 42.1 Å². The Morgan fingerprint density at radius 1 is 1.20 bits per heavy atom. The van der Waals surface area contributed by atoms with Gasteiger partial charge in [0.05, 0.1) is 0 Å². The Kier molecular flexibility index (Phi) is 4.30. The molecule has 0 bridgehead atoms. The first-order valence-electron chi connectivity index (χ1n) is 9.02. The van der Waals surface area contributed by atoms with Crippen molar-refractivity contribution in [2.45, 2.75) is 31.7 Å². The van der Waals surface area contributed by atoms with Crippen LogP contribution in [-0.2, 0) is 17.6 Å². The number of nitrogens with one attached hydrogen (secondary N) is 2. The molecule has 0 saturated carbocycles. The van der Waals surface area contributed by atoms with Crippen LogP contribution in [0.5, 0.6) is 0 Å². The van der Waals surface area contributed by atoms with Crippen molar-refractivity contribution in [1.29, 1.82) is 0 Å². The second kappa shape index (κ2) is 6.75. The van der Waals surface area contributed by atoms with E-state index in [1.54, 1.807) is 0 Å². The molecule has 1 unspecified atom stereocenters. The lowest BCUT2D eigenvalue weighted by atomic mass is 10.00. The van der Waals surface area contributed by atoms with Crippen molar-refractivity contribution in [1.82, 2.24) is 15.5 Å². The van der Waals surface area contributed by atoms with E-state index in [1.165, 1.54) is 16.8 Å². The molecule has 0 spiro atoms. The highest BCUT2D eigenvalue weighted by molar-refractivity contribution is 5.94. The van der Waals surface area contributed by atoms with Crippen LogP contribution >= 0.6 is 0 Å². The number of rotatable bonds is 4. The van der Waals surface area contributed by atoms with Gasteiger partial charge in [-0.1, -0.05) is 12.1 Å². The van der Waals surface area contributed by atoms with Crippen molar-refractivity contribution >= 4 is 11.8 Å². The van der Waals surface area contributed by atoms with Crippen molar-refractivity contribution in [2.24, 2.45) is 0 Å². The fraction of sp³-hybridized carbons (Fsp3) is 0.400. The zero-order chi connectivity index (χ0) is 17.2. The third-order valence-corrected chi connectivity index (χ3v) is 5.26. The van der Waals surface area contributed by atoms with Crippen LogP contribution in [0.2, 0.25) is 0 Å². The minimum Gasteiger partial charge on any atom is -0.371 e. The van der Waals surface area contributed by atoms with E-state index in [0.717, 1.165) is 32.4 Å². The summed E-state index contributed by atoms with van der Waals surface area (Å²) in [5.41, 5.74) is 4.63. The van der Waals surface area contributed by atoms with Gasteiger partial charge in [0.15, 0.2) is 0 Å². The fourth-order valence-corrected chi connectivity index (χ4v) is 3.67. The molecule has 1 aliphatic carbocycles. The lowest BCUT2D eigenvalue weighted by Gasteiger charge is -2.26. The number of nitrogens with zero attached hydrogens (tertiary/aromatic N) is 1. The summed E-state index contributed by atoms with van der Waals surface area (Å²) in [6.45, 7) is 2.51. The molecule has 1 saturated heterocycles. The molecular weight excluding hydrogens is 314 g/mol. The van der Waals surface area contributed by atoms with Crippen LogP contribution in [0.4, 0.5) is 0 Å². The summed E-state index contributed by atoms with van der Waals surface area (Å²) in [4.78, 5) is 26.1. The first kappa shape index (κ1) is 15.9. The predicted octanol–water partition coefficient (Wildman–Crippen LogP) is 1.55. The Labute approximate surface area is 147 Å². The lowest BCUT2D eigenvalue weighted by molar-refractivity contribution is -0.119. The normalized spacial score (nSPS) is 21.8. The third-order valence-electron chi connectivity index (χ3n) is 5.26. The topological polar surface area (TPSA) is 61.4 Å². The molecule has 2 amide bonds. The Hall–Kier alpha value is -2.56. The molecule has 2 aliphatic heterocycles. The first-order valence-corrected chi connectivity index (χ1v) is 9.02. The van der Waals surface area contributed by atoms with Crippen LogP contribution < -0.4 is 10.6 Å². The van der Waals surface area contributed by atoms with Gasteiger partial charge in [-0.2, -0.15) is 0 Å². The average molecular weight is 337 g/mol. The molecule has 1 atom stereocenters. The third kappa shape index (κ3) is 3.45. The van der Waals surface area contributed by atoms with Crippen molar-refractivity contribution in [3.8, 4) is 0 Å². The maximum atomic E-state index is 12.4. The molecule has 1 aromatic carbocycles. The van der Waals surface area contributed by atoms with Gasteiger partial charge in [0, 0.05) is 43.4 Å². The van der Waals surface area contributed by atoms with Crippen molar-refractivity contribution < 1.29 is 9.59 Å². The number of fused-ring (bicyclic) bond motifs is 1. The maximum Gasteiger partial charge on any atom is 0.251 e. The molecule has 5 heteroatoms. The van der Waals surface area contributed by atoms with Crippen LogP contribution in [0.25, 0.3) is 0 Å². The summed E-state index contributed by atoms with van der Waals surface area (Å²) in [6, 6.07) is 6.11. The zero-order valence-electron chi connectivity index (χ0n) is 14.3. The molecule has 0 aromatic heterocycles. The summed E-state index contributed by atoms with van der Waals surface area (Å²) in [7, 11) is 0. The Balaban J connectivity index is 1.38. The molecule has 2 N–H and O–H groups in total. The molecular formula is C20H23N3O2. The Morgan fingerprint density at radius 3 is 2.68 bits per heavy atom. The highest BCUT2D eigenvalue weighted by Crippen LogP contribution is 2.22. The smallest absolute Gasteiger partial charge is 0.251 e. The second-order valence-electron chi connectivity index (χ2n) is 6.93. The largest absolute Gasteiger partial charge is 0.371 e. The van der Waals surface area contributed by atoms with Crippen LogP contribution in [0.3, 0.4) is 0 Å². The van der Waals surface area contributed by atoms with E-state index in [0.29, 0.717) is 18.5 Å². The summed E-state index contributed by atoms with van der Waals surface area (Å²) < 4.78 is 0. The Morgan fingerprint density at radius 2 is 2.00 bits per heavy atom. The molecule has 1 aromatic rings. The van der Waals surface area contributed by atoms with E-state index in [9.17, 15) is 9.59 Å². The SMILES string of the molecule is O=C1CCC(CNC(=O)c2ccc3c(c2)CCN(C2=CC=C2)CC3)N1.